The van der Waals surface area contributed by atoms with Crippen LogP contribution in [0.15, 0.2) is 0 Å². The van der Waals surface area contributed by atoms with Gasteiger partial charge in [0.15, 0.2) is 0 Å². The van der Waals surface area contributed by atoms with Gasteiger partial charge >= 0.3 is 12.0 Å². The molecule has 1 aliphatic carbocycles. The summed E-state index contributed by atoms with van der Waals surface area (Å²) >= 11 is 0. The lowest BCUT2D eigenvalue weighted by Crippen LogP contribution is -2.49. The van der Waals surface area contributed by atoms with E-state index in [9.17, 15) is 19.5 Å². The Hall–Kier alpha value is -1.79. The van der Waals surface area contributed by atoms with E-state index in [1.54, 1.807) is 0 Å². The molecule has 1 saturated carbocycles. The highest BCUT2D eigenvalue weighted by Gasteiger charge is 2.41. The van der Waals surface area contributed by atoms with Crippen molar-refractivity contribution in [3.05, 3.63) is 0 Å². The zero-order valence-electron chi connectivity index (χ0n) is 12.0. The third-order valence-electron chi connectivity index (χ3n) is 3.96. The summed E-state index contributed by atoms with van der Waals surface area (Å²) in [5.74, 6) is -0.639. The molecule has 0 aliphatic heterocycles. The van der Waals surface area contributed by atoms with E-state index in [0.29, 0.717) is 18.8 Å². The van der Waals surface area contributed by atoms with Gasteiger partial charge in [-0.25, -0.2) is 4.79 Å². The van der Waals surface area contributed by atoms with Crippen molar-refractivity contribution >= 4 is 17.9 Å². The molecule has 3 amide bonds. The number of aliphatic carboxylic acids is 1. The van der Waals surface area contributed by atoms with Crippen LogP contribution < -0.4 is 16.0 Å². The molecule has 1 rings (SSSR count). The van der Waals surface area contributed by atoms with Gasteiger partial charge in [-0.15, -0.1) is 0 Å². The molecule has 0 aromatic rings. The fourth-order valence-electron chi connectivity index (χ4n) is 2.34. The minimum absolute atomic E-state index is 0.0919. The molecule has 114 valence electrons. The molecule has 0 unspecified atom stereocenters. The van der Waals surface area contributed by atoms with E-state index in [4.69, 9.17) is 0 Å². The smallest absolute Gasteiger partial charge is 0.315 e. The maximum atomic E-state index is 11.5. The molecule has 0 aromatic carbocycles. The first-order valence-corrected chi connectivity index (χ1v) is 6.85. The van der Waals surface area contributed by atoms with E-state index in [2.05, 4.69) is 22.9 Å². The van der Waals surface area contributed by atoms with Gasteiger partial charge in [0.05, 0.1) is 12.0 Å². The number of nitrogens with one attached hydrogen (secondary N) is 3. The largest absolute Gasteiger partial charge is 0.481 e. The van der Waals surface area contributed by atoms with Crippen LogP contribution in [0.25, 0.3) is 0 Å². The molecule has 0 heterocycles. The van der Waals surface area contributed by atoms with Crippen molar-refractivity contribution in [2.75, 3.05) is 20.1 Å². The highest BCUT2D eigenvalue weighted by molar-refractivity contribution is 5.84. The molecular formula is C13H23N3O4. The number of carbonyl (C=O) groups excluding carboxylic acids is 2. The number of carboxylic acid groups (broad SMARTS) is 1. The van der Waals surface area contributed by atoms with E-state index in [-0.39, 0.29) is 19.0 Å². The van der Waals surface area contributed by atoms with Gasteiger partial charge in [0, 0.05) is 13.6 Å². The summed E-state index contributed by atoms with van der Waals surface area (Å²) in [4.78, 5) is 34.0. The second-order valence-electron chi connectivity index (χ2n) is 5.48. The number of amides is 3. The van der Waals surface area contributed by atoms with Crippen LogP contribution in [-0.2, 0) is 9.59 Å². The molecule has 7 heteroatoms. The third kappa shape index (κ3) is 4.40. The molecule has 0 spiro atoms. The molecule has 0 saturated heterocycles. The Morgan fingerprint density at radius 3 is 2.30 bits per heavy atom. The lowest BCUT2D eigenvalue weighted by Gasteiger charge is -2.35. The number of carbonyl (C=O) groups is 3. The Morgan fingerprint density at radius 1 is 1.20 bits per heavy atom. The van der Waals surface area contributed by atoms with Gasteiger partial charge in [0.1, 0.15) is 0 Å². The predicted octanol–water partition coefficient (Wildman–Crippen LogP) is 0.313. The average molecular weight is 285 g/mol. The highest BCUT2D eigenvalue weighted by atomic mass is 16.4. The van der Waals surface area contributed by atoms with E-state index in [1.807, 2.05) is 0 Å². The van der Waals surface area contributed by atoms with Crippen LogP contribution in [0, 0.1) is 11.3 Å². The van der Waals surface area contributed by atoms with Crippen LogP contribution >= 0.6 is 0 Å². The molecule has 1 aliphatic rings. The minimum atomic E-state index is -0.878. The SMILES string of the molecule is CNC(=O)CNC(=O)NCC1(C(=O)O)CCC(C)CC1. The standard InChI is InChI=1S/C13H23N3O4/c1-9-3-5-13(6-4-9,11(18)19)8-16-12(20)15-7-10(17)14-2/h9H,3-8H2,1-2H3,(H,14,17)(H,18,19)(H2,15,16,20). The van der Waals surface area contributed by atoms with E-state index >= 15 is 0 Å². The van der Waals surface area contributed by atoms with Crippen molar-refractivity contribution < 1.29 is 19.5 Å². The number of carboxylic acids is 1. The van der Waals surface area contributed by atoms with Crippen molar-refractivity contribution in [3.8, 4) is 0 Å². The zero-order valence-corrected chi connectivity index (χ0v) is 12.0. The van der Waals surface area contributed by atoms with Crippen LogP contribution in [0.4, 0.5) is 4.79 Å². The molecule has 7 nitrogen and oxygen atoms in total. The van der Waals surface area contributed by atoms with Gasteiger partial charge in [-0.1, -0.05) is 6.92 Å². The zero-order chi connectivity index (χ0) is 15.2. The van der Waals surface area contributed by atoms with Gasteiger partial charge in [-0.2, -0.15) is 0 Å². The quantitative estimate of drug-likeness (QED) is 0.583. The van der Waals surface area contributed by atoms with Crippen molar-refractivity contribution in [3.63, 3.8) is 0 Å². The molecule has 0 radical (unpaired) electrons. The summed E-state index contributed by atoms with van der Waals surface area (Å²) in [6.45, 7) is 2.07. The van der Waals surface area contributed by atoms with Gasteiger partial charge in [0.25, 0.3) is 0 Å². The van der Waals surface area contributed by atoms with Gasteiger partial charge < -0.3 is 21.1 Å². The fraction of sp³-hybridized carbons (Fsp3) is 0.769. The van der Waals surface area contributed by atoms with Crippen LogP contribution in [0.2, 0.25) is 0 Å². The van der Waals surface area contributed by atoms with Crippen molar-refractivity contribution in [2.45, 2.75) is 32.6 Å². The first-order valence-electron chi connectivity index (χ1n) is 6.85. The van der Waals surface area contributed by atoms with Crippen LogP contribution in [0.3, 0.4) is 0 Å². The summed E-state index contributed by atoms with van der Waals surface area (Å²) in [5.41, 5.74) is -0.878. The van der Waals surface area contributed by atoms with Crippen LogP contribution in [-0.4, -0.2) is 43.2 Å². The lowest BCUT2D eigenvalue weighted by molar-refractivity contribution is -0.151. The first-order chi connectivity index (χ1) is 9.39. The Balaban J connectivity index is 2.45. The van der Waals surface area contributed by atoms with E-state index < -0.39 is 17.4 Å². The van der Waals surface area contributed by atoms with Crippen LogP contribution in [0.1, 0.15) is 32.6 Å². The second kappa shape index (κ2) is 7.12. The summed E-state index contributed by atoms with van der Waals surface area (Å²) in [7, 11) is 1.48. The number of likely N-dealkylation sites (N-methyl/N-ethyl adjacent to an activating group) is 1. The number of rotatable bonds is 5. The molecule has 0 aromatic heterocycles. The normalized spacial score (nSPS) is 25.6. The molecule has 0 atom stereocenters. The third-order valence-corrected chi connectivity index (χ3v) is 3.96. The second-order valence-corrected chi connectivity index (χ2v) is 5.48. The summed E-state index contributed by atoms with van der Waals surface area (Å²) in [6, 6.07) is -0.521. The Kier molecular flexibility index (Phi) is 5.79. The van der Waals surface area contributed by atoms with E-state index in [0.717, 1.165) is 12.8 Å². The highest BCUT2D eigenvalue weighted by Crippen LogP contribution is 2.38. The Morgan fingerprint density at radius 2 is 1.80 bits per heavy atom. The van der Waals surface area contributed by atoms with Crippen LogP contribution in [0.5, 0.6) is 0 Å². The summed E-state index contributed by atoms with van der Waals surface area (Å²) in [5, 5.41) is 16.7. The van der Waals surface area contributed by atoms with E-state index in [1.165, 1.54) is 7.05 Å². The Labute approximate surface area is 118 Å². The van der Waals surface area contributed by atoms with Crippen molar-refractivity contribution in [1.82, 2.24) is 16.0 Å². The molecular weight excluding hydrogens is 262 g/mol. The van der Waals surface area contributed by atoms with Crippen molar-refractivity contribution in [2.24, 2.45) is 11.3 Å². The maximum absolute atomic E-state index is 11.5. The number of urea groups is 1. The minimum Gasteiger partial charge on any atom is -0.481 e. The summed E-state index contributed by atoms with van der Waals surface area (Å²) in [6.07, 6.45) is 2.85. The van der Waals surface area contributed by atoms with Gasteiger partial charge in [-0.3, -0.25) is 9.59 Å². The molecule has 4 N–H and O–H groups in total. The maximum Gasteiger partial charge on any atom is 0.315 e. The van der Waals surface area contributed by atoms with Crippen molar-refractivity contribution in [1.29, 1.82) is 0 Å². The topological polar surface area (TPSA) is 108 Å². The molecule has 20 heavy (non-hydrogen) atoms. The van der Waals surface area contributed by atoms with Gasteiger partial charge in [0.2, 0.25) is 5.91 Å². The predicted molar refractivity (Wildman–Crippen MR) is 73.2 cm³/mol. The number of hydrogen-bond donors (Lipinski definition) is 4. The lowest BCUT2D eigenvalue weighted by atomic mass is 9.71. The Bertz CT molecular complexity index is 376. The fourth-order valence-corrected chi connectivity index (χ4v) is 2.34. The average Bonchev–Trinajstić information content (AvgIpc) is 2.44. The summed E-state index contributed by atoms with van der Waals surface area (Å²) < 4.78 is 0. The molecule has 1 fully saturated rings. The first kappa shape index (κ1) is 16.3. The van der Waals surface area contributed by atoms with Gasteiger partial charge in [-0.05, 0) is 31.6 Å². The monoisotopic (exact) mass is 285 g/mol. The number of hydrogen-bond acceptors (Lipinski definition) is 3. The molecule has 0 bridgehead atoms.